The summed E-state index contributed by atoms with van der Waals surface area (Å²) in [4.78, 5) is 12.1. The predicted octanol–water partition coefficient (Wildman–Crippen LogP) is 3.47. The minimum absolute atomic E-state index is 0.00509. The minimum Gasteiger partial charge on any atom is -0.481 e. The van der Waals surface area contributed by atoms with Crippen LogP contribution in [0.1, 0.15) is 43.4 Å². The zero-order valence-electron chi connectivity index (χ0n) is 12.2. The highest BCUT2D eigenvalue weighted by Gasteiger charge is 2.22. The third-order valence-corrected chi connectivity index (χ3v) is 5.02. The number of carboxylic acid groups (broad SMARTS) is 1. The van der Waals surface area contributed by atoms with Crippen LogP contribution in [-0.2, 0) is 11.2 Å². The van der Waals surface area contributed by atoms with Gasteiger partial charge in [0.2, 0.25) is 0 Å². The largest absolute Gasteiger partial charge is 0.481 e. The van der Waals surface area contributed by atoms with Gasteiger partial charge >= 0.3 is 5.97 Å². The molecule has 2 aromatic rings. The molecule has 21 heavy (non-hydrogen) atoms. The number of rotatable bonds is 8. The number of thioether (sulfide) groups is 1. The molecule has 2 rings (SSSR count). The van der Waals surface area contributed by atoms with Crippen molar-refractivity contribution in [3.63, 3.8) is 0 Å². The van der Waals surface area contributed by atoms with E-state index in [-0.39, 0.29) is 11.8 Å². The quantitative estimate of drug-likeness (QED) is 0.753. The zero-order chi connectivity index (χ0) is 15.2. The molecular formula is C14H19N3O2S2. The summed E-state index contributed by atoms with van der Waals surface area (Å²) in [7, 11) is 0. The zero-order valence-corrected chi connectivity index (χ0v) is 13.8. The first kappa shape index (κ1) is 16.0. The first-order valence-electron chi connectivity index (χ1n) is 6.99. The van der Waals surface area contributed by atoms with Crippen molar-refractivity contribution >= 4 is 29.1 Å². The third kappa shape index (κ3) is 3.85. The van der Waals surface area contributed by atoms with E-state index in [1.165, 1.54) is 16.6 Å². The molecule has 0 saturated heterocycles. The summed E-state index contributed by atoms with van der Waals surface area (Å²) in [5.41, 5.74) is 0. The first-order chi connectivity index (χ1) is 10.2. The van der Waals surface area contributed by atoms with Crippen LogP contribution in [0.3, 0.4) is 0 Å². The summed E-state index contributed by atoms with van der Waals surface area (Å²) in [6.07, 6.45) is 2.82. The van der Waals surface area contributed by atoms with E-state index < -0.39 is 5.97 Å². The summed E-state index contributed by atoms with van der Waals surface area (Å²) in [6, 6.07) is 4.36. The molecule has 2 heterocycles. The average Bonchev–Trinajstić information content (AvgIpc) is 3.11. The molecule has 0 saturated carbocycles. The Kier molecular flexibility index (Phi) is 5.81. The van der Waals surface area contributed by atoms with Gasteiger partial charge in [0, 0.05) is 11.3 Å². The number of aromatic nitrogens is 3. The Balaban J connectivity index is 2.37. The number of hydrogen-bond donors (Lipinski definition) is 1. The number of thiophene rings is 1. The molecular weight excluding hydrogens is 306 g/mol. The standard InChI is InChI=1S/C14H19N3O2S2/c1-3-6-10(11-7-5-8-20-11)17-12(4-2)15-16-14(17)21-9-13(18)19/h5,7-8,10H,3-4,6,9H2,1-2H3,(H,18,19). The lowest BCUT2D eigenvalue weighted by Crippen LogP contribution is -2.14. The second-order valence-corrected chi connectivity index (χ2v) is 6.55. The fourth-order valence-corrected chi connectivity index (χ4v) is 3.81. The van der Waals surface area contributed by atoms with Gasteiger partial charge in [-0.3, -0.25) is 9.36 Å². The Labute approximate surface area is 132 Å². The second kappa shape index (κ2) is 7.61. The Bertz CT molecular complexity index is 581. The van der Waals surface area contributed by atoms with E-state index in [4.69, 9.17) is 5.11 Å². The maximum absolute atomic E-state index is 10.8. The summed E-state index contributed by atoms with van der Waals surface area (Å²) in [5.74, 6) is 0.0796. The summed E-state index contributed by atoms with van der Waals surface area (Å²) in [6.45, 7) is 4.20. The summed E-state index contributed by atoms with van der Waals surface area (Å²) < 4.78 is 2.11. The van der Waals surface area contributed by atoms with Crippen LogP contribution < -0.4 is 0 Å². The van der Waals surface area contributed by atoms with Crippen LogP contribution in [0.25, 0.3) is 0 Å². The highest BCUT2D eigenvalue weighted by Crippen LogP contribution is 2.32. The molecule has 114 valence electrons. The second-order valence-electron chi connectivity index (χ2n) is 4.62. The molecule has 0 amide bonds. The number of hydrogen-bond acceptors (Lipinski definition) is 5. The predicted molar refractivity (Wildman–Crippen MR) is 85.1 cm³/mol. The van der Waals surface area contributed by atoms with Gasteiger partial charge in [-0.05, 0) is 17.9 Å². The molecule has 0 aliphatic carbocycles. The molecule has 1 unspecified atom stereocenters. The van der Waals surface area contributed by atoms with Crippen molar-refractivity contribution in [1.82, 2.24) is 14.8 Å². The molecule has 0 fully saturated rings. The van der Waals surface area contributed by atoms with Crippen LogP contribution in [0.4, 0.5) is 0 Å². The van der Waals surface area contributed by atoms with E-state index in [0.29, 0.717) is 5.16 Å². The van der Waals surface area contributed by atoms with Crippen LogP contribution in [0, 0.1) is 0 Å². The fraction of sp³-hybridized carbons (Fsp3) is 0.500. The van der Waals surface area contributed by atoms with Gasteiger partial charge in [-0.1, -0.05) is 38.1 Å². The highest BCUT2D eigenvalue weighted by molar-refractivity contribution is 7.99. The van der Waals surface area contributed by atoms with Gasteiger partial charge in [-0.2, -0.15) is 0 Å². The molecule has 0 spiro atoms. The van der Waals surface area contributed by atoms with Gasteiger partial charge in [-0.25, -0.2) is 0 Å². The van der Waals surface area contributed by atoms with Crippen LogP contribution in [0.2, 0.25) is 0 Å². The van der Waals surface area contributed by atoms with E-state index in [1.807, 2.05) is 13.0 Å². The van der Waals surface area contributed by atoms with Crippen LogP contribution in [0.5, 0.6) is 0 Å². The molecule has 1 N–H and O–H groups in total. The van der Waals surface area contributed by atoms with Crippen molar-refractivity contribution in [2.24, 2.45) is 0 Å². The van der Waals surface area contributed by atoms with Gasteiger partial charge in [0.05, 0.1) is 11.8 Å². The lowest BCUT2D eigenvalue weighted by atomic mass is 10.1. The smallest absolute Gasteiger partial charge is 0.313 e. The van der Waals surface area contributed by atoms with Crippen molar-refractivity contribution in [3.05, 3.63) is 28.2 Å². The molecule has 0 aromatic carbocycles. The normalized spacial score (nSPS) is 12.5. The van der Waals surface area contributed by atoms with Crippen molar-refractivity contribution in [3.8, 4) is 0 Å². The Hall–Kier alpha value is -1.34. The number of carbonyl (C=O) groups is 1. The monoisotopic (exact) mass is 325 g/mol. The van der Waals surface area contributed by atoms with Crippen LogP contribution >= 0.6 is 23.1 Å². The van der Waals surface area contributed by atoms with Crippen molar-refractivity contribution in [2.45, 2.75) is 44.3 Å². The molecule has 0 aliphatic rings. The van der Waals surface area contributed by atoms with Gasteiger partial charge < -0.3 is 5.11 Å². The maximum Gasteiger partial charge on any atom is 0.313 e. The van der Waals surface area contributed by atoms with Crippen molar-refractivity contribution < 1.29 is 9.90 Å². The fourth-order valence-electron chi connectivity index (χ4n) is 2.24. The third-order valence-electron chi connectivity index (χ3n) is 3.12. The number of carboxylic acids is 1. The van der Waals surface area contributed by atoms with Crippen LogP contribution in [-0.4, -0.2) is 31.6 Å². The molecule has 7 heteroatoms. The lowest BCUT2D eigenvalue weighted by molar-refractivity contribution is -0.133. The first-order valence-corrected chi connectivity index (χ1v) is 8.85. The summed E-state index contributed by atoms with van der Waals surface area (Å²) >= 11 is 2.96. The number of aryl methyl sites for hydroxylation is 1. The topological polar surface area (TPSA) is 68.0 Å². The molecule has 0 radical (unpaired) electrons. The van der Waals surface area contributed by atoms with Gasteiger partial charge in [0.1, 0.15) is 5.82 Å². The summed E-state index contributed by atoms with van der Waals surface area (Å²) in [5, 5.41) is 20.1. The van der Waals surface area contributed by atoms with E-state index in [9.17, 15) is 4.79 Å². The van der Waals surface area contributed by atoms with Gasteiger partial charge in [-0.15, -0.1) is 21.5 Å². The molecule has 5 nitrogen and oxygen atoms in total. The van der Waals surface area contributed by atoms with E-state index in [2.05, 4.69) is 33.1 Å². The highest BCUT2D eigenvalue weighted by atomic mass is 32.2. The molecule has 2 aromatic heterocycles. The SMILES string of the molecule is CCCC(c1cccs1)n1c(CC)nnc1SCC(=O)O. The average molecular weight is 325 g/mol. The van der Waals surface area contributed by atoms with Crippen LogP contribution in [0.15, 0.2) is 22.7 Å². The van der Waals surface area contributed by atoms with E-state index >= 15 is 0 Å². The molecule has 1 atom stereocenters. The molecule has 0 bridgehead atoms. The Morgan fingerprint density at radius 3 is 2.86 bits per heavy atom. The number of nitrogens with zero attached hydrogens (tertiary/aromatic N) is 3. The maximum atomic E-state index is 10.8. The lowest BCUT2D eigenvalue weighted by Gasteiger charge is -2.20. The van der Waals surface area contributed by atoms with E-state index in [1.54, 1.807) is 11.3 Å². The van der Waals surface area contributed by atoms with E-state index in [0.717, 1.165) is 25.1 Å². The van der Waals surface area contributed by atoms with Gasteiger partial charge in [0.15, 0.2) is 5.16 Å². The Morgan fingerprint density at radius 2 is 2.29 bits per heavy atom. The Morgan fingerprint density at radius 1 is 1.48 bits per heavy atom. The minimum atomic E-state index is -0.837. The number of aliphatic carboxylic acids is 1. The van der Waals surface area contributed by atoms with Crippen molar-refractivity contribution in [1.29, 1.82) is 0 Å². The molecule has 0 aliphatic heterocycles. The van der Waals surface area contributed by atoms with Crippen molar-refractivity contribution in [2.75, 3.05) is 5.75 Å². The van der Waals surface area contributed by atoms with Gasteiger partial charge in [0.25, 0.3) is 0 Å².